The number of nitrogens with one attached hydrogen (secondary N) is 1. The summed E-state index contributed by atoms with van der Waals surface area (Å²) < 4.78 is 26.1. The van der Waals surface area contributed by atoms with E-state index in [0.29, 0.717) is 0 Å². The normalized spacial score (nSPS) is 30.4. The zero-order valence-corrected chi connectivity index (χ0v) is 13.4. The number of hydrogen-bond donors (Lipinski definition) is 2. The van der Waals surface area contributed by atoms with Gasteiger partial charge in [-0.25, -0.2) is 5.43 Å². The van der Waals surface area contributed by atoms with Crippen molar-refractivity contribution in [1.82, 2.24) is 5.43 Å². The van der Waals surface area contributed by atoms with Crippen LogP contribution in [-0.4, -0.2) is 62.3 Å². The Bertz CT molecular complexity index is 444. The van der Waals surface area contributed by atoms with E-state index in [1.165, 1.54) is 27.9 Å². The maximum atomic E-state index is 11.4. The van der Waals surface area contributed by atoms with E-state index in [2.05, 4.69) is 5.43 Å². The van der Waals surface area contributed by atoms with Crippen LogP contribution in [0.25, 0.3) is 0 Å². The summed E-state index contributed by atoms with van der Waals surface area (Å²) in [6.07, 6.45) is -3.80. The predicted octanol–water partition coefficient (Wildman–Crippen LogP) is -1.38. The molecule has 0 aromatic carbocycles. The number of hydrogen-bond acceptors (Lipinski definition) is 10. The SMILES string of the molecule is COC1OC(COC(C)=O)C(OC(C)=O)C(OC(C)=O)C1NN. The Morgan fingerprint density at radius 3 is 2.04 bits per heavy atom. The first kappa shape index (κ1) is 19.3. The molecule has 0 saturated carbocycles. The molecular formula is C13H22N2O8. The van der Waals surface area contributed by atoms with Crippen LogP contribution in [0, 0.1) is 0 Å². The van der Waals surface area contributed by atoms with Crippen molar-refractivity contribution in [3.05, 3.63) is 0 Å². The minimum atomic E-state index is -1.02. The van der Waals surface area contributed by atoms with Crippen LogP contribution in [0.15, 0.2) is 0 Å². The summed E-state index contributed by atoms with van der Waals surface area (Å²) in [6.45, 7) is 3.42. The number of hydrazine groups is 1. The Kier molecular flexibility index (Phi) is 7.36. The van der Waals surface area contributed by atoms with Crippen molar-refractivity contribution in [2.45, 2.75) is 51.4 Å². The van der Waals surface area contributed by atoms with E-state index >= 15 is 0 Å². The summed E-state index contributed by atoms with van der Waals surface area (Å²) >= 11 is 0. The third-order valence-electron chi connectivity index (χ3n) is 3.13. The van der Waals surface area contributed by atoms with E-state index in [-0.39, 0.29) is 6.61 Å². The second-order valence-corrected chi connectivity index (χ2v) is 4.92. The lowest BCUT2D eigenvalue weighted by molar-refractivity contribution is -0.272. The number of carbonyl (C=O) groups excluding carboxylic acids is 3. The number of carbonyl (C=O) groups is 3. The molecule has 3 N–H and O–H groups in total. The molecule has 0 bridgehead atoms. The second kappa shape index (κ2) is 8.77. The van der Waals surface area contributed by atoms with E-state index in [9.17, 15) is 14.4 Å². The topological polar surface area (TPSA) is 135 Å². The van der Waals surface area contributed by atoms with Crippen molar-refractivity contribution >= 4 is 17.9 Å². The Morgan fingerprint density at radius 2 is 1.61 bits per heavy atom. The number of nitrogens with two attached hydrogens (primary N) is 1. The van der Waals surface area contributed by atoms with E-state index in [0.717, 1.165) is 0 Å². The molecule has 23 heavy (non-hydrogen) atoms. The number of esters is 3. The number of ether oxygens (including phenoxy) is 5. The molecule has 0 spiro atoms. The summed E-state index contributed by atoms with van der Waals surface area (Å²) in [5.41, 5.74) is 2.42. The molecule has 5 unspecified atom stereocenters. The first-order chi connectivity index (χ1) is 10.8. The Morgan fingerprint density at radius 1 is 1.04 bits per heavy atom. The van der Waals surface area contributed by atoms with Crippen molar-refractivity contribution in [3.8, 4) is 0 Å². The van der Waals surface area contributed by atoms with Gasteiger partial charge < -0.3 is 23.7 Å². The van der Waals surface area contributed by atoms with E-state index in [4.69, 9.17) is 29.5 Å². The molecule has 1 rings (SSSR count). The van der Waals surface area contributed by atoms with Gasteiger partial charge in [-0.05, 0) is 0 Å². The van der Waals surface area contributed by atoms with Crippen molar-refractivity contribution in [2.24, 2.45) is 5.84 Å². The third-order valence-corrected chi connectivity index (χ3v) is 3.13. The van der Waals surface area contributed by atoms with Crippen LogP contribution in [0.5, 0.6) is 0 Å². The standard InChI is InChI=1S/C13H22N2O8/c1-6(16)20-5-9-11(21-7(2)17)12(22-8(3)18)10(15-14)13(19-4)23-9/h9-13,15H,5,14H2,1-4H3. The molecule has 0 radical (unpaired) electrons. The maximum absolute atomic E-state index is 11.4. The maximum Gasteiger partial charge on any atom is 0.303 e. The summed E-state index contributed by atoms with van der Waals surface area (Å²) in [5, 5.41) is 0. The monoisotopic (exact) mass is 334 g/mol. The molecule has 1 heterocycles. The highest BCUT2D eigenvalue weighted by Crippen LogP contribution is 2.27. The Hall–Kier alpha value is -1.75. The van der Waals surface area contributed by atoms with Gasteiger partial charge in [-0.3, -0.25) is 20.2 Å². The van der Waals surface area contributed by atoms with Gasteiger partial charge in [-0.1, -0.05) is 0 Å². The van der Waals surface area contributed by atoms with Gasteiger partial charge in [-0.2, -0.15) is 0 Å². The van der Waals surface area contributed by atoms with Crippen LogP contribution in [-0.2, 0) is 38.1 Å². The smallest absolute Gasteiger partial charge is 0.303 e. The molecular weight excluding hydrogens is 312 g/mol. The zero-order chi connectivity index (χ0) is 17.6. The lowest BCUT2D eigenvalue weighted by Gasteiger charge is -2.44. The fraction of sp³-hybridized carbons (Fsp3) is 0.769. The molecule has 0 aromatic heterocycles. The lowest BCUT2D eigenvalue weighted by Crippen LogP contribution is -2.67. The number of methoxy groups -OCH3 is 1. The number of rotatable bonds is 6. The fourth-order valence-electron chi connectivity index (χ4n) is 2.28. The fourth-order valence-corrected chi connectivity index (χ4v) is 2.28. The second-order valence-electron chi connectivity index (χ2n) is 4.92. The van der Waals surface area contributed by atoms with Gasteiger partial charge in [0.05, 0.1) is 0 Å². The first-order valence-electron chi connectivity index (χ1n) is 6.92. The molecule has 0 aromatic rings. The molecule has 132 valence electrons. The van der Waals surface area contributed by atoms with Crippen molar-refractivity contribution in [1.29, 1.82) is 0 Å². The van der Waals surface area contributed by atoms with Crippen LogP contribution in [0.4, 0.5) is 0 Å². The van der Waals surface area contributed by atoms with Crippen LogP contribution in [0.3, 0.4) is 0 Å². The van der Waals surface area contributed by atoms with Gasteiger partial charge in [0.25, 0.3) is 0 Å². The molecule has 5 atom stereocenters. The molecule has 1 aliphatic heterocycles. The average molecular weight is 334 g/mol. The van der Waals surface area contributed by atoms with Crippen LogP contribution >= 0.6 is 0 Å². The molecule has 10 heteroatoms. The largest absolute Gasteiger partial charge is 0.463 e. The molecule has 1 aliphatic rings. The third kappa shape index (κ3) is 5.43. The predicted molar refractivity (Wildman–Crippen MR) is 74.5 cm³/mol. The molecule has 0 aliphatic carbocycles. The Balaban J connectivity index is 3.08. The minimum Gasteiger partial charge on any atom is -0.463 e. The van der Waals surface area contributed by atoms with E-state index in [1.54, 1.807) is 0 Å². The van der Waals surface area contributed by atoms with Gasteiger partial charge in [0.1, 0.15) is 18.8 Å². The van der Waals surface area contributed by atoms with Crippen molar-refractivity contribution < 1.29 is 38.1 Å². The average Bonchev–Trinajstić information content (AvgIpc) is 2.45. The molecule has 1 saturated heterocycles. The summed E-state index contributed by atoms with van der Waals surface area (Å²) in [4.78, 5) is 33.8. The lowest BCUT2D eigenvalue weighted by atomic mass is 9.96. The van der Waals surface area contributed by atoms with Gasteiger partial charge in [0.2, 0.25) is 0 Å². The van der Waals surface area contributed by atoms with Gasteiger partial charge >= 0.3 is 17.9 Å². The van der Waals surface area contributed by atoms with Crippen LogP contribution < -0.4 is 11.3 Å². The first-order valence-corrected chi connectivity index (χ1v) is 6.92. The minimum absolute atomic E-state index is 0.206. The van der Waals surface area contributed by atoms with Crippen LogP contribution in [0.2, 0.25) is 0 Å². The molecule has 1 fully saturated rings. The van der Waals surface area contributed by atoms with Gasteiger partial charge in [0, 0.05) is 27.9 Å². The summed E-state index contributed by atoms with van der Waals surface area (Å²) in [7, 11) is 1.37. The quantitative estimate of drug-likeness (QED) is 0.259. The molecule has 10 nitrogen and oxygen atoms in total. The molecule has 0 amide bonds. The highest BCUT2D eigenvalue weighted by atomic mass is 16.7. The van der Waals surface area contributed by atoms with Crippen LogP contribution in [0.1, 0.15) is 20.8 Å². The van der Waals surface area contributed by atoms with E-state index in [1.807, 2.05) is 0 Å². The highest BCUT2D eigenvalue weighted by Gasteiger charge is 2.50. The highest BCUT2D eigenvalue weighted by molar-refractivity contribution is 5.67. The summed E-state index contributed by atoms with van der Waals surface area (Å²) in [5.74, 6) is 3.72. The zero-order valence-electron chi connectivity index (χ0n) is 13.4. The van der Waals surface area contributed by atoms with Gasteiger partial charge in [-0.15, -0.1) is 0 Å². The van der Waals surface area contributed by atoms with Gasteiger partial charge in [0.15, 0.2) is 18.5 Å². The van der Waals surface area contributed by atoms with E-state index < -0.39 is 48.6 Å². The Labute approximate surface area is 133 Å². The van der Waals surface area contributed by atoms with Crippen molar-refractivity contribution in [3.63, 3.8) is 0 Å². The van der Waals surface area contributed by atoms with Crippen molar-refractivity contribution in [2.75, 3.05) is 13.7 Å². The summed E-state index contributed by atoms with van der Waals surface area (Å²) in [6, 6.07) is -0.790.